The molecule has 1 amide bonds. The molecule has 0 bridgehead atoms. The van der Waals surface area contributed by atoms with E-state index < -0.39 is 10.0 Å². The number of carbonyl (C=O) groups is 1. The SMILES string of the molecule is Cc1cccc(NC(=O)c2cccc(S(=O)(=O)NCC(C)C)c2)c1C. The number of sulfonamides is 1. The molecule has 0 radical (unpaired) electrons. The van der Waals surface area contributed by atoms with Crippen molar-refractivity contribution < 1.29 is 13.2 Å². The van der Waals surface area contributed by atoms with Crippen LogP contribution in [0.25, 0.3) is 0 Å². The van der Waals surface area contributed by atoms with Crippen LogP contribution in [0.3, 0.4) is 0 Å². The molecular weight excluding hydrogens is 336 g/mol. The van der Waals surface area contributed by atoms with Crippen LogP contribution in [-0.2, 0) is 10.0 Å². The van der Waals surface area contributed by atoms with Gasteiger partial charge in [0.05, 0.1) is 4.90 Å². The average molecular weight is 360 g/mol. The number of rotatable bonds is 6. The summed E-state index contributed by atoms with van der Waals surface area (Å²) in [5.41, 5.74) is 3.08. The van der Waals surface area contributed by atoms with Crippen molar-refractivity contribution in [2.75, 3.05) is 11.9 Å². The van der Waals surface area contributed by atoms with E-state index in [-0.39, 0.29) is 16.7 Å². The molecule has 6 heteroatoms. The monoisotopic (exact) mass is 360 g/mol. The lowest BCUT2D eigenvalue weighted by molar-refractivity contribution is 0.102. The fourth-order valence-corrected chi connectivity index (χ4v) is 3.50. The molecule has 0 fully saturated rings. The third kappa shape index (κ3) is 4.90. The van der Waals surface area contributed by atoms with Crippen molar-refractivity contribution in [2.45, 2.75) is 32.6 Å². The molecule has 0 atom stereocenters. The Balaban J connectivity index is 2.23. The van der Waals surface area contributed by atoms with Crippen molar-refractivity contribution >= 4 is 21.6 Å². The summed E-state index contributed by atoms with van der Waals surface area (Å²) in [6.07, 6.45) is 0. The van der Waals surface area contributed by atoms with Crippen LogP contribution in [0, 0.1) is 19.8 Å². The van der Waals surface area contributed by atoms with E-state index in [1.807, 2.05) is 45.9 Å². The standard InChI is InChI=1S/C19H24N2O3S/c1-13(2)12-20-25(23,24)17-9-6-8-16(11-17)19(22)21-18-10-5-7-14(3)15(18)4/h5-11,13,20H,12H2,1-4H3,(H,21,22). The summed E-state index contributed by atoms with van der Waals surface area (Å²) >= 11 is 0. The molecule has 2 rings (SSSR count). The molecule has 134 valence electrons. The Morgan fingerprint density at radius 2 is 1.76 bits per heavy atom. The van der Waals surface area contributed by atoms with E-state index in [0.717, 1.165) is 16.8 Å². The van der Waals surface area contributed by atoms with E-state index in [4.69, 9.17) is 0 Å². The number of benzene rings is 2. The lowest BCUT2D eigenvalue weighted by Crippen LogP contribution is -2.27. The maximum Gasteiger partial charge on any atom is 0.255 e. The lowest BCUT2D eigenvalue weighted by atomic mass is 10.1. The number of anilines is 1. The number of carbonyl (C=O) groups excluding carboxylic acids is 1. The minimum atomic E-state index is -3.63. The van der Waals surface area contributed by atoms with Crippen molar-refractivity contribution in [3.8, 4) is 0 Å². The smallest absolute Gasteiger partial charge is 0.255 e. The van der Waals surface area contributed by atoms with Gasteiger partial charge in [0.25, 0.3) is 5.91 Å². The zero-order chi connectivity index (χ0) is 18.6. The maximum atomic E-state index is 12.5. The minimum Gasteiger partial charge on any atom is -0.322 e. The van der Waals surface area contributed by atoms with Gasteiger partial charge in [-0.25, -0.2) is 13.1 Å². The summed E-state index contributed by atoms with van der Waals surface area (Å²) in [6, 6.07) is 11.7. The maximum absolute atomic E-state index is 12.5. The van der Waals surface area contributed by atoms with E-state index in [1.165, 1.54) is 12.1 Å². The zero-order valence-electron chi connectivity index (χ0n) is 15.0. The Bertz CT molecular complexity index is 874. The molecule has 0 aromatic heterocycles. The molecular formula is C19H24N2O3S. The van der Waals surface area contributed by atoms with Crippen LogP contribution in [0.2, 0.25) is 0 Å². The Labute approximate surface area is 149 Å². The van der Waals surface area contributed by atoms with Crippen LogP contribution >= 0.6 is 0 Å². The highest BCUT2D eigenvalue weighted by Crippen LogP contribution is 2.19. The lowest BCUT2D eigenvalue weighted by Gasteiger charge is -2.12. The molecule has 0 aliphatic rings. The second kappa shape index (κ2) is 7.80. The highest BCUT2D eigenvalue weighted by Gasteiger charge is 2.17. The van der Waals surface area contributed by atoms with Crippen LogP contribution in [0.1, 0.15) is 35.3 Å². The van der Waals surface area contributed by atoms with Gasteiger partial charge in [-0.2, -0.15) is 0 Å². The zero-order valence-corrected chi connectivity index (χ0v) is 15.8. The minimum absolute atomic E-state index is 0.0850. The fourth-order valence-electron chi connectivity index (χ4n) is 2.25. The first-order valence-electron chi connectivity index (χ1n) is 8.18. The van der Waals surface area contributed by atoms with Gasteiger partial charge in [-0.3, -0.25) is 4.79 Å². The topological polar surface area (TPSA) is 75.3 Å². The van der Waals surface area contributed by atoms with Crippen molar-refractivity contribution in [3.63, 3.8) is 0 Å². The molecule has 0 saturated heterocycles. The molecule has 2 N–H and O–H groups in total. The summed E-state index contributed by atoms with van der Waals surface area (Å²) in [7, 11) is -3.63. The predicted molar refractivity (Wildman–Crippen MR) is 100 cm³/mol. The molecule has 0 saturated carbocycles. The first-order valence-corrected chi connectivity index (χ1v) is 9.66. The van der Waals surface area contributed by atoms with E-state index >= 15 is 0 Å². The molecule has 0 aliphatic heterocycles. The quantitative estimate of drug-likeness (QED) is 0.828. The second-order valence-corrected chi connectivity index (χ2v) is 8.24. The molecule has 0 spiro atoms. The predicted octanol–water partition coefficient (Wildman–Crippen LogP) is 3.49. The summed E-state index contributed by atoms with van der Waals surface area (Å²) in [4.78, 5) is 12.6. The van der Waals surface area contributed by atoms with E-state index in [2.05, 4.69) is 10.0 Å². The highest BCUT2D eigenvalue weighted by atomic mass is 32.2. The molecule has 0 unspecified atom stereocenters. The van der Waals surface area contributed by atoms with Crippen LogP contribution in [0.4, 0.5) is 5.69 Å². The number of hydrogen-bond acceptors (Lipinski definition) is 3. The molecule has 0 heterocycles. The molecule has 25 heavy (non-hydrogen) atoms. The molecule has 2 aromatic carbocycles. The second-order valence-electron chi connectivity index (χ2n) is 6.48. The first kappa shape index (κ1) is 19.1. The third-order valence-corrected chi connectivity index (χ3v) is 5.36. The van der Waals surface area contributed by atoms with Gasteiger partial charge in [0.2, 0.25) is 10.0 Å². The number of nitrogens with one attached hydrogen (secondary N) is 2. The normalized spacial score (nSPS) is 11.6. The summed E-state index contributed by atoms with van der Waals surface area (Å²) in [5, 5.41) is 2.84. The van der Waals surface area contributed by atoms with Crippen molar-refractivity contribution in [2.24, 2.45) is 5.92 Å². The van der Waals surface area contributed by atoms with Gasteiger partial charge >= 0.3 is 0 Å². The number of amides is 1. The number of aryl methyl sites for hydroxylation is 1. The van der Waals surface area contributed by atoms with Crippen LogP contribution in [-0.4, -0.2) is 20.9 Å². The van der Waals surface area contributed by atoms with Crippen LogP contribution < -0.4 is 10.0 Å². The summed E-state index contributed by atoms with van der Waals surface area (Å²) in [5.74, 6) is -0.139. The van der Waals surface area contributed by atoms with Crippen LogP contribution in [0.5, 0.6) is 0 Å². The number of hydrogen-bond donors (Lipinski definition) is 2. The van der Waals surface area contributed by atoms with Gasteiger partial charge in [-0.05, 0) is 55.2 Å². The van der Waals surface area contributed by atoms with Gasteiger partial charge in [-0.15, -0.1) is 0 Å². The Hall–Kier alpha value is -2.18. The van der Waals surface area contributed by atoms with Gasteiger partial charge in [0.15, 0.2) is 0 Å². The fraction of sp³-hybridized carbons (Fsp3) is 0.316. The average Bonchev–Trinajstić information content (AvgIpc) is 2.57. The highest BCUT2D eigenvalue weighted by molar-refractivity contribution is 7.89. The van der Waals surface area contributed by atoms with E-state index in [1.54, 1.807) is 12.1 Å². The van der Waals surface area contributed by atoms with Gasteiger partial charge < -0.3 is 5.32 Å². The van der Waals surface area contributed by atoms with Gasteiger partial charge in [0.1, 0.15) is 0 Å². The van der Waals surface area contributed by atoms with Crippen LogP contribution in [0.15, 0.2) is 47.4 Å². The Morgan fingerprint density at radius 3 is 2.44 bits per heavy atom. The summed E-state index contributed by atoms with van der Waals surface area (Å²) in [6.45, 7) is 8.11. The van der Waals surface area contributed by atoms with Crippen molar-refractivity contribution in [1.29, 1.82) is 0 Å². The van der Waals surface area contributed by atoms with Crippen molar-refractivity contribution in [1.82, 2.24) is 4.72 Å². The first-order chi connectivity index (χ1) is 11.7. The van der Waals surface area contributed by atoms with Gasteiger partial charge in [0, 0.05) is 17.8 Å². The molecule has 0 aliphatic carbocycles. The largest absolute Gasteiger partial charge is 0.322 e. The van der Waals surface area contributed by atoms with E-state index in [9.17, 15) is 13.2 Å². The van der Waals surface area contributed by atoms with E-state index in [0.29, 0.717) is 12.1 Å². The van der Waals surface area contributed by atoms with Gasteiger partial charge in [-0.1, -0.05) is 32.0 Å². The summed E-state index contributed by atoms with van der Waals surface area (Å²) < 4.78 is 27.2. The molecule has 5 nitrogen and oxygen atoms in total. The Morgan fingerprint density at radius 1 is 1.08 bits per heavy atom. The Kier molecular flexibility index (Phi) is 5.98. The molecule has 2 aromatic rings. The third-order valence-electron chi connectivity index (χ3n) is 3.94. The van der Waals surface area contributed by atoms with Crippen molar-refractivity contribution in [3.05, 3.63) is 59.2 Å².